The molecule has 32 heavy (non-hydrogen) atoms. The van der Waals surface area contributed by atoms with Gasteiger partial charge in [-0.15, -0.1) is 11.3 Å². The number of rotatable bonds is 10. The molecule has 3 rings (SSSR count). The van der Waals surface area contributed by atoms with E-state index in [1.54, 1.807) is 18.4 Å². The van der Waals surface area contributed by atoms with Crippen molar-refractivity contribution in [2.75, 3.05) is 7.05 Å². The monoisotopic (exact) mass is 454 g/mol. The smallest absolute Gasteiger partial charge is 0.252 e. The number of carbonyl (C=O) groups excluding carboxylic acids is 2. The molecule has 2 N–H and O–H groups in total. The normalized spacial score (nSPS) is 12.5. The molecule has 0 bridgehead atoms. The van der Waals surface area contributed by atoms with Crippen LogP contribution in [0.1, 0.15) is 74.1 Å². The van der Waals surface area contributed by atoms with Gasteiger partial charge in [0.1, 0.15) is 11.9 Å². The van der Waals surface area contributed by atoms with Crippen molar-refractivity contribution in [3.63, 3.8) is 0 Å². The number of nitrogens with zero attached hydrogens (tertiary/aromatic N) is 2. The highest BCUT2D eigenvalue weighted by atomic mass is 32.1. The van der Waals surface area contributed by atoms with Gasteiger partial charge in [0, 0.05) is 30.0 Å². The number of hydrogen-bond acceptors (Lipinski definition) is 4. The minimum absolute atomic E-state index is 0.177. The van der Waals surface area contributed by atoms with Crippen molar-refractivity contribution in [3.8, 4) is 0 Å². The van der Waals surface area contributed by atoms with Gasteiger partial charge >= 0.3 is 0 Å². The topological polar surface area (TPSA) is 76.0 Å². The molecular weight excluding hydrogens is 420 g/mol. The van der Waals surface area contributed by atoms with Gasteiger partial charge in [0.25, 0.3) is 5.91 Å². The van der Waals surface area contributed by atoms with E-state index in [4.69, 9.17) is 4.98 Å². The molecule has 0 saturated heterocycles. The Morgan fingerprint density at radius 2 is 1.91 bits per heavy atom. The molecule has 0 unspecified atom stereocenters. The van der Waals surface area contributed by atoms with Crippen LogP contribution in [0.3, 0.4) is 0 Å². The Bertz CT molecular complexity index is 1050. The lowest BCUT2D eigenvalue weighted by Gasteiger charge is -2.20. The van der Waals surface area contributed by atoms with E-state index in [0.717, 1.165) is 36.1 Å². The second kappa shape index (κ2) is 10.8. The van der Waals surface area contributed by atoms with Crippen molar-refractivity contribution in [2.45, 2.75) is 65.5 Å². The maximum absolute atomic E-state index is 13.0. The number of carbonyl (C=O) groups is 2. The largest absolute Gasteiger partial charge is 0.357 e. The van der Waals surface area contributed by atoms with E-state index in [0.29, 0.717) is 18.0 Å². The standard InChI is InChI=1S/C25H34N4O2S/c1-6-18(7-2)29-22-11-10-17(24(30)28-21(13-16(3)4)25(31)26-5)14-20(22)27-23(29)15-19-9-8-12-32-19/h8-12,14,16,18,21H,6-7,13,15H2,1-5H3,(H,26,31)(H,28,30)/t21-/m0/s1. The fourth-order valence-electron chi connectivity index (χ4n) is 4.16. The molecule has 2 heterocycles. The summed E-state index contributed by atoms with van der Waals surface area (Å²) >= 11 is 1.73. The maximum Gasteiger partial charge on any atom is 0.252 e. The van der Waals surface area contributed by atoms with Crippen LogP contribution in [0.5, 0.6) is 0 Å². The first kappa shape index (κ1) is 24.0. The lowest BCUT2D eigenvalue weighted by molar-refractivity contribution is -0.122. The highest BCUT2D eigenvalue weighted by Crippen LogP contribution is 2.28. The number of benzene rings is 1. The molecule has 6 nitrogen and oxygen atoms in total. The van der Waals surface area contributed by atoms with Crippen molar-refractivity contribution in [1.29, 1.82) is 0 Å². The van der Waals surface area contributed by atoms with Crippen LogP contribution in [0.25, 0.3) is 11.0 Å². The molecule has 0 aliphatic heterocycles. The third-order valence-electron chi connectivity index (χ3n) is 5.82. The third-order valence-corrected chi connectivity index (χ3v) is 6.70. The fourth-order valence-corrected chi connectivity index (χ4v) is 4.87. The van der Waals surface area contributed by atoms with Crippen molar-refractivity contribution in [2.24, 2.45) is 5.92 Å². The minimum atomic E-state index is -0.556. The summed E-state index contributed by atoms with van der Waals surface area (Å²) in [6.45, 7) is 8.47. The Labute approximate surface area is 194 Å². The zero-order chi connectivity index (χ0) is 23.3. The third kappa shape index (κ3) is 5.38. The van der Waals surface area contributed by atoms with Gasteiger partial charge in [0.2, 0.25) is 5.91 Å². The summed E-state index contributed by atoms with van der Waals surface area (Å²) in [5.74, 6) is 0.884. The summed E-state index contributed by atoms with van der Waals surface area (Å²) in [6, 6.07) is 9.67. The van der Waals surface area contributed by atoms with Crippen LogP contribution in [0.2, 0.25) is 0 Å². The van der Waals surface area contributed by atoms with Gasteiger partial charge in [-0.1, -0.05) is 33.8 Å². The van der Waals surface area contributed by atoms with Gasteiger partial charge in [0.15, 0.2) is 0 Å². The molecule has 3 aromatic rings. The highest BCUT2D eigenvalue weighted by molar-refractivity contribution is 7.09. The number of thiophene rings is 1. The van der Waals surface area contributed by atoms with E-state index in [1.165, 1.54) is 4.88 Å². The van der Waals surface area contributed by atoms with E-state index in [2.05, 4.69) is 46.6 Å². The number of fused-ring (bicyclic) bond motifs is 1. The van der Waals surface area contributed by atoms with Gasteiger partial charge in [-0.2, -0.15) is 0 Å². The van der Waals surface area contributed by atoms with Crippen LogP contribution < -0.4 is 10.6 Å². The van der Waals surface area contributed by atoms with Crippen molar-refractivity contribution < 1.29 is 9.59 Å². The second-order valence-electron chi connectivity index (χ2n) is 8.60. The Balaban J connectivity index is 1.95. The van der Waals surface area contributed by atoms with Crippen LogP contribution in [0, 0.1) is 5.92 Å². The SMILES string of the molecule is CCC(CC)n1c(Cc2cccs2)nc2cc(C(=O)N[C@@H](CC(C)C)C(=O)NC)ccc21. The van der Waals surface area contributed by atoms with Crippen LogP contribution in [0.15, 0.2) is 35.7 Å². The molecule has 2 amide bonds. The number of aromatic nitrogens is 2. The van der Waals surface area contributed by atoms with Gasteiger partial charge in [-0.05, 0) is 54.8 Å². The lowest BCUT2D eigenvalue weighted by Crippen LogP contribution is -2.46. The molecule has 0 fully saturated rings. The van der Waals surface area contributed by atoms with Crippen molar-refractivity contribution in [3.05, 3.63) is 52.0 Å². The Hall–Kier alpha value is -2.67. The average molecular weight is 455 g/mol. The van der Waals surface area contributed by atoms with E-state index in [1.807, 2.05) is 32.0 Å². The molecule has 0 aliphatic carbocycles. The minimum Gasteiger partial charge on any atom is -0.357 e. The Morgan fingerprint density at radius 1 is 1.16 bits per heavy atom. The molecule has 0 radical (unpaired) electrons. The zero-order valence-corrected chi connectivity index (χ0v) is 20.5. The molecule has 2 aromatic heterocycles. The summed E-state index contributed by atoms with van der Waals surface area (Å²) in [5.41, 5.74) is 2.38. The average Bonchev–Trinajstić information content (AvgIpc) is 3.41. The molecule has 172 valence electrons. The Morgan fingerprint density at radius 3 is 2.50 bits per heavy atom. The summed E-state index contributed by atoms with van der Waals surface area (Å²) < 4.78 is 2.34. The number of hydrogen-bond donors (Lipinski definition) is 2. The van der Waals surface area contributed by atoms with Crippen molar-refractivity contribution in [1.82, 2.24) is 20.2 Å². The second-order valence-corrected chi connectivity index (χ2v) is 9.63. The summed E-state index contributed by atoms with van der Waals surface area (Å²) in [6.07, 6.45) is 3.40. The van der Waals surface area contributed by atoms with Crippen molar-refractivity contribution >= 4 is 34.2 Å². The van der Waals surface area contributed by atoms with Crippen LogP contribution in [-0.4, -0.2) is 34.5 Å². The van der Waals surface area contributed by atoms with E-state index >= 15 is 0 Å². The van der Waals surface area contributed by atoms with Crippen LogP contribution in [-0.2, 0) is 11.2 Å². The lowest BCUT2D eigenvalue weighted by atomic mass is 10.0. The van der Waals surface area contributed by atoms with Gasteiger partial charge in [-0.3, -0.25) is 9.59 Å². The summed E-state index contributed by atoms with van der Waals surface area (Å²) in [4.78, 5) is 31.4. The van der Waals surface area contributed by atoms with E-state index in [9.17, 15) is 9.59 Å². The molecule has 1 aromatic carbocycles. The number of imidazole rings is 1. The Kier molecular flexibility index (Phi) is 8.07. The highest BCUT2D eigenvalue weighted by Gasteiger charge is 2.23. The van der Waals surface area contributed by atoms with Gasteiger partial charge in [-0.25, -0.2) is 4.98 Å². The van der Waals surface area contributed by atoms with Crippen LogP contribution in [0.4, 0.5) is 0 Å². The van der Waals surface area contributed by atoms with E-state index < -0.39 is 6.04 Å². The number of amides is 2. The molecule has 1 atom stereocenters. The molecule has 0 saturated carbocycles. The molecular formula is C25H34N4O2S. The first-order valence-electron chi connectivity index (χ1n) is 11.4. The van der Waals surface area contributed by atoms with E-state index in [-0.39, 0.29) is 17.7 Å². The van der Waals surface area contributed by atoms with Crippen LogP contribution >= 0.6 is 11.3 Å². The van der Waals surface area contributed by atoms with Gasteiger partial charge < -0.3 is 15.2 Å². The first-order chi connectivity index (χ1) is 15.4. The molecule has 0 aliphatic rings. The quantitative estimate of drug-likeness (QED) is 0.456. The summed E-state index contributed by atoms with van der Waals surface area (Å²) in [7, 11) is 1.59. The first-order valence-corrected chi connectivity index (χ1v) is 12.3. The number of nitrogens with one attached hydrogen (secondary N) is 2. The predicted molar refractivity (Wildman–Crippen MR) is 131 cm³/mol. The zero-order valence-electron chi connectivity index (χ0n) is 19.6. The maximum atomic E-state index is 13.0. The van der Waals surface area contributed by atoms with Gasteiger partial charge in [0.05, 0.1) is 11.0 Å². The molecule has 0 spiro atoms. The predicted octanol–water partition coefficient (Wildman–Crippen LogP) is 4.94. The summed E-state index contributed by atoms with van der Waals surface area (Å²) in [5, 5.41) is 7.63. The number of likely N-dealkylation sites (N-methyl/N-ethyl adjacent to an activating group) is 1. The molecule has 7 heteroatoms. The fraction of sp³-hybridized carbons (Fsp3) is 0.480.